The summed E-state index contributed by atoms with van der Waals surface area (Å²) in [7, 11) is 0. The number of hydrogen-bond donors (Lipinski definition) is 2. The van der Waals surface area contributed by atoms with Crippen LogP contribution in [0.2, 0.25) is 5.02 Å². The van der Waals surface area contributed by atoms with Crippen LogP contribution in [-0.2, 0) is 0 Å². The molecule has 2 nitrogen and oxygen atoms in total. The van der Waals surface area contributed by atoms with Crippen LogP contribution in [0.5, 0.6) is 0 Å². The van der Waals surface area contributed by atoms with E-state index in [0.717, 1.165) is 18.2 Å². The molecule has 19 heavy (non-hydrogen) atoms. The summed E-state index contributed by atoms with van der Waals surface area (Å²) in [4.78, 5) is 0. The van der Waals surface area contributed by atoms with Crippen LogP contribution in [0.3, 0.4) is 0 Å². The lowest BCUT2D eigenvalue weighted by Gasteiger charge is -2.18. The second-order valence-electron chi connectivity index (χ2n) is 3.94. The third-order valence-electron chi connectivity index (χ3n) is 2.72. The van der Waals surface area contributed by atoms with Crippen LogP contribution in [0.15, 0.2) is 36.4 Å². The van der Waals surface area contributed by atoms with Crippen LogP contribution in [0.1, 0.15) is 17.2 Å². The first-order chi connectivity index (χ1) is 9.02. The number of halogens is 4. The second kappa shape index (κ2) is 5.61. The van der Waals surface area contributed by atoms with Gasteiger partial charge in [-0.1, -0.05) is 23.7 Å². The first-order valence-corrected chi connectivity index (χ1v) is 5.76. The van der Waals surface area contributed by atoms with E-state index in [-0.39, 0.29) is 10.6 Å². The van der Waals surface area contributed by atoms with Gasteiger partial charge in [-0.3, -0.25) is 5.84 Å². The molecular weight excluding hydrogens is 277 g/mol. The van der Waals surface area contributed by atoms with Gasteiger partial charge in [0.2, 0.25) is 0 Å². The summed E-state index contributed by atoms with van der Waals surface area (Å²) < 4.78 is 40.0. The zero-order valence-corrected chi connectivity index (χ0v) is 10.4. The van der Waals surface area contributed by atoms with Gasteiger partial charge in [-0.2, -0.15) is 0 Å². The third kappa shape index (κ3) is 2.89. The van der Waals surface area contributed by atoms with Crippen LogP contribution in [0.25, 0.3) is 0 Å². The Bertz CT molecular complexity index is 604. The molecule has 2 rings (SSSR count). The van der Waals surface area contributed by atoms with Crippen molar-refractivity contribution >= 4 is 11.6 Å². The number of nitrogens with two attached hydrogens (primary N) is 1. The van der Waals surface area contributed by atoms with Gasteiger partial charge in [0.15, 0.2) is 0 Å². The maximum absolute atomic E-state index is 13.7. The predicted octanol–water partition coefficient (Wildman–Crippen LogP) is 3.31. The molecule has 0 saturated carbocycles. The van der Waals surface area contributed by atoms with E-state index in [1.807, 2.05) is 0 Å². The van der Waals surface area contributed by atoms with Gasteiger partial charge in [0.1, 0.15) is 17.5 Å². The van der Waals surface area contributed by atoms with Crippen molar-refractivity contribution in [2.24, 2.45) is 5.84 Å². The molecule has 0 aliphatic heterocycles. The van der Waals surface area contributed by atoms with Gasteiger partial charge in [0.05, 0.1) is 11.1 Å². The van der Waals surface area contributed by atoms with Gasteiger partial charge < -0.3 is 0 Å². The van der Waals surface area contributed by atoms with Crippen molar-refractivity contribution in [2.45, 2.75) is 6.04 Å². The smallest absolute Gasteiger partial charge is 0.142 e. The van der Waals surface area contributed by atoms with Crippen LogP contribution >= 0.6 is 11.6 Å². The highest BCUT2D eigenvalue weighted by molar-refractivity contribution is 6.30. The van der Waals surface area contributed by atoms with E-state index in [1.54, 1.807) is 0 Å². The Morgan fingerprint density at radius 1 is 1.00 bits per heavy atom. The Morgan fingerprint density at radius 2 is 1.74 bits per heavy atom. The SMILES string of the molecule is NNC(c1ccc(Cl)c(F)c1)c1ccc(F)cc1F. The molecule has 0 heterocycles. The minimum atomic E-state index is -0.799. The summed E-state index contributed by atoms with van der Waals surface area (Å²) in [5.41, 5.74) is 2.87. The van der Waals surface area contributed by atoms with E-state index in [1.165, 1.54) is 18.2 Å². The maximum Gasteiger partial charge on any atom is 0.142 e. The summed E-state index contributed by atoms with van der Waals surface area (Å²) >= 11 is 5.58. The number of hydrogen-bond acceptors (Lipinski definition) is 2. The molecule has 0 aliphatic rings. The summed E-state index contributed by atoms with van der Waals surface area (Å²) in [6.45, 7) is 0. The molecular formula is C13H10ClF3N2. The molecule has 1 unspecified atom stereocenters. The lowest BCUT2D eigenvalue weighted by Crippen LogP contribution is -2.29. The van der Waals surface area contributed by atoms with Crippen molar-refractivity contribution in [3.05, 3.63) is 70.0 Å². The minimum absolute atomic E-state index is 0.0425. The van der Waals surface area contributed by atoms with Crippen molar-refractivity contribution < 1.29 is 13.2 Å². The first kappa shape index (κ1) is 13.9. The summed E-state index contributed by atoms with van der Waals surface area (Å²) in [5.74, 6) is 3.27. The topological polar surface area (TPSA) is 38.0 Å². The third-order valence-corrected chi connectivity index (χ3v) is 3.02. The van der Waals surface area contributed by atoms with Crippen molar-refractivity contribution in [2.75, 3.05) is 0 Å². The fraction of sp³-hybridized carbons (Fsp3) is 0.0769. The largest absolute Gasteiger partial charge is 0.271 e. The van der Waals surface area contributed by atoms with Crippen LogP contribution < -0.4 is 11.3 Å². The Labute approximate surface area is 113 Å². The molecule has 2 aromatic carbocycles. The Kier molecular flexibility index (Phi) is 4.09. The van der Waals surface area contributed by atoms with Gasteiger partial charge in [-0.05, 0) is 23.8 Å². The molecule has 0 fully saturated rings. The van der Waals surface area contributed by atoms with E-state index in [2.05, 4.69) is 5.43 Å². The normalized spacial score (nSPS) is 12.5. The van der Waals surface area contributed by atoms with Crippen molar-refractivity contribution in [3.8, 4) is 0 Å². The van der Waals surface area contributed by atoms with Gasteiger partial charge in [0, 0.05) is 11.6 Å². The number of nitrogens with one attached hydrogen (secondary N) is 1. The average molecular weight is 287 g/mol. The fourth-order valence-corrected chi connectivity index (χ4v) is 1.91. The number of benzene rings is 2. The summed E-state index contributed by atoms with van der Waals surface area (Å²) in [6.07, 6.45) is 0. The van der Waals surface area contributed by atoms with Crippen LogP contribution in [0, 0.1) is 17.5 Å². The van der Waals surface area contributed by atoms with Crippen molar-refractivity contribution in [1.29, 1.82) is 0 Å². The Morgan fingerprint density at radius 3 is 2.32 bits per heavy atom. The molecule has 0 aliphatic carbocycles. The Hall–Kier alpha value is -1.56. The maximum atomic E-state index is 13.7. The molecule has 2 aromatic rings. The minimum Gasteiger partial charge on any atom is -0.271 e. The first-order valence-electron chi connectivity index (χ1n) is 5.39. The second-order valence-corrected chi connectivity index (χ2v) is 4.35. The number of hydrazine groups is 1. The standard InChI is InChI=1S/C13H10ClF3N2/c14-10-4-1-7(5-12(10)17)13(19-18)9-3-2-8(15)6-11(9)16/h1-6,13,19H,18H2. The van der Waals surface area contributed by atoms with Gasteiger partial charge >= 0.3 is 0 Å². The highest BCUT2D eigenvalue weighted by atomic mass is 35.5. The fourth-order valence-electron chi connectivity index (χ4n) is 1.79. The summed E-state index contributed by atoms with van der Waals surface area (Å²) in [5, 5.41) is -0.0425. The molecule has 0 saturated heterocycles. The molecule has 0 spiro atoms. The highest BCUT2D eigenvalue weighted by Gasteiger charge is 2.18. The predicted molar refractivity (Wildman–Crippen MR) is 66.9 cm³/mol. The molecule has 6 heteroatoms. The molecule has 0 aromatic heterocycles. The number of rotatable bonds is 3. The van der Waals surface area contributed by atoms with Crippen molar-refractivity contribution in [1.82, 2.24) is 5.43 Å². The van der Waals surface area contributed by atoms with Crippen molar-refractivity contribution in [3.63, 3.8) is 0 Å². The molecule has 0 bridgehead atoms. The molecule has 3 N–H and O–H groups in total. The van der Waals surface area contributed by atoms with E-state index in [0.29, 0.717) is 5.56 Å². The molecule has 0 amide bonds. The average Bonchev–Trinajstić information content (AvgIpc) is 2.37. The monoisotopic (exact) mass is 286 g/mol. The van der Waals surface area contributed by atoms with Gasteiger partial charge in [0.25, 0.3) is 0 Å². The van der Waals surface area contributed by atoms with Gasteiger partial charge in [-0.15, -0.1) is 0 Å². The quantitative estimate of drug-likeness (QED) is 0.671. The molecule has 1 atom stereocenters. The lowest BCUT2D eigenvalue weighted by atomic mass is 9.98. The van der Waals surface area contributed by atoms with E-state index < -0.39 is 23.5 Å². The lowest BCUT2D eigenvalue weighted by molar-refractivity contribution is 0.539. The van der Waals surface area contributed by atoms with Crippen LogP contribution in [-0.4, -0.2) is 0 Å². The van der Waals surface area contributed by atoms with E-state index in [4.69, 9.17) is 17.4 Å². The molecule has 100 valence electrons. The van der Waals surface area contributed by atoms with Crippen LogP contribution in [0.4, 0.5) is 13.2 Å². The summed E-state index contributed by atoms with van der Waals surface area (Å²) in [6, 6.07) is 6.31. The van der Waals surface area contributed by atoms with Gasteiger partial charge in [-0.25, -0.2) is 18.6 Å². The molecule has 0 radical (unpaired) electrons. The van der Waals surface area contributed by atoms with E-state index in [9.17, 15) is 13.2 Å². The van der Waals surface area contributed by atoms with E-state index >= 15 is 0 Å². The Balaban J connectivity index is 2.46. The highest BCUT2D eigenvalue weighted by Crippen LogP contribution is 2.26. The zero-order chi connectivity index (χ0) is 14.0. The zero-order valence-electron chi connectivity index (χ0n) is 9.63.